The molecule has 0 atom stereocenters. The number of amides is 1. The van der Waals surface area contributed by atoms with Crippen molar-refractivity contribution in [2.24, 2.45) is 0 Å². The van der Waals surface area contributed by atoms with Crippen molar-refractivity contribution in [2.45, 2.75) is 24.9 Å². The molecule has 1 aliphatic heterocycles. The second kappa shape index (κ2) is 4.14. The Balaban J connectivity index is 2.20. The van der Waals surface area contributed by atoms with Crippen LogP contribution in [-0.2, 0) is 13.1 Å². The molecule has 0 unspecified atom stereocenters. The fraction of sp³-hybridized carbons (Fsp3) is 0.364. The van der Waals surface area contributed by atoms with E-state index in [0.717, 1.165) is 16.9 Å². The fourth-order valence-corrected chi connectivity index (χ4v) is 2.49. The van der Waals surface area contributed by atoms with Gasteiger partial charge in [-0.25, -0.2) is 4.79 Å². The maximum atomic E-state index is 10.8. The number of carbonyl (C=O) groups is 1. The minimum atomic E-state index is -0.837. The molecule has 0 aromatic heterocycles. The van der Waals surface area contributed by atoms with Gasteiger partial charge in [-0.15, -0.1) is 11.8 Å². The topological polar surface area (TPSA) is 40.5 Å². The van der Waals surface area contributed by atoms with E-state index < -0.39 is 6.09 Å². The largest absolute Gasteiger partial charge is 0.465 e. The summed E-state index contributed by atoms with van der Waals surface area (Å²) in [6.07, 6.45) is -0.837. The lowest BCUT2D eigenvalue weighted by atomic mass is 10.1. The summed E-state index contributed by atoms with van der Waals surface area (Å²) in [4.78, 5) is 13.5. The zero-order valence-electron chi connectivity index (χ0n) is 8.56. The SMILES string of the molecule is CCSc1ccc2c(c1)CN(C(=O)O)C2. The summed E-state index contributed by atoms with van der Waals surface area (Å²) in [5.74, 6) is 1.04. The van der Waals surface area contributed by atoms with E-state index in [1.54, 1.807) is 11.8 Å². The lowest BCUT2D eigenvalue weighted by molar-refractivity contribution is 0.145. The maximum absolute atomic E-state index is 10.8. The summed E-state index contributed by atoms with van der Waals surface area (Å²) in [7, 11) is 0. The van der Waals surface area contributed by atoms with Crippen LogP contribution in [0.5, 0.6) is 0 Å². The average Bonchev–Trinajstić information content (AvgIpc) is 2.61. The van der Waals surface area contributed by atoms with Gasteiger partial charge in [0.05, 0.1) is 0 Å². The molecule has 1 heterocycles. The van der Waals surface area contributed by atoms with Crippen molar-refractivity contribution >= 4 is 17.9 Å². The zero-order chi connectivity index (χ0) is 10.8. The molecular formula is C11H13NO2S. The van der Waals surface area contributed by atoms with Gasteiger partial charge in [-0.05, 0) is 29.0 Å². The Kier molecular flexibility index (Phi) is 2.86. The van der Waals surface area contributed by atoms with E-state index in [1.807, 2.05) is 6.07 Å². The molecule has 1 amide bonds. The van der Waals surface area contributed by atoms with Crippen LogP contribution in [0, 0.1) is 0 Å². The van der Waals surface area contributed by atoms with E-state index in [0.29, 0.717) is 13.1 Å². The zero-order valence-corrected chi connectivity index (χ0v) is 9.38. The van der Waals surface area contributed by atoms with Gasteiger partial charge >= 0.3 is 6.09 Å². The second-order valence-corrected chi connectivity index (χ2v) is 4.84. The van der Waals surface area contributed by atoms with Crippen molar-refractivity contribution < 1.29 is 9.90 Å². The first-order chi connectivity index (χ1) is 7.20. The molecule has 0 spiro atoms. The van der Waals surface area contributed by atoms with E-state index in [2.05, 4.69) is 19.1 Å². The van der Waals surface area contributed by atoms with Gasteiger partial charge in [0.2, 0.25) is 0 Å². The summed E-state index contributed by atoms with van der Waals surface area (Å²) < 4.78 is 0. The Morgan fingerprint density at radius 3 is 2.87 bits per heavy atom. The Labute approximate surface area is 93.1 Å². The first-order valence-electron chi connectivity index (χ1n) is 4.93. The lowest BCUT2D eigenvalue weighted by Crippen LogP contribution is -2.22. The number of thioether (sulfide) groups is 1. The Morgan fingerprint density at radius 1 is 1.47 bits per heavy atom. The van der Waals surface area contributed by atoms with Gasteiger partial charge in [0.25, 0.3) is 0 Å². The smallest absolute Gasteiger partial charge is 0.407 e. The van der Waals surface area contributed by atoms with E-state index in [-0.39, 0.29) is 0 Å². The molecule has 1 aliphatic rings. The van der Waals surface area contributed by atoms with Crippen molar-refractivity contribution in [3.8, 4) is 0 Å². The molecule has 0 saturated heterocycles. The number of rotatable bonds is 2. The number of hydrogen-bond acceptors (Lipinski definition) is 2. The third-order valence-corrected chi connectivity index (χ3v) is 3.36. The molecule has 3 nitrogen and oxygen atoms in total. The van der Waals surface area contributed by atoms with E-state index >= 15 is 0 Å². The molecule has 1 N–H and O–H groups in total. The summed E-state index contributed by atoms with van der Waals surface area (Å²) in [6, 6.07) is 6.21. The summed E-state index contributed by atoms with van der Waals surface area (Å²) in [5.41, 5.74) is 2.29. The number of fused-ring (bicyclic) bond motifs is 1. The molecule has 2 rings (SSSR count). The van der Waals surface area contributed by atoms with Gasteiger partial charge in [0.15, 0.2) is 0 Å². The van der Waals surface area contributed by atoms with Crippen molar-refractivity contribution in [3.63, 3.8) is 0 Å². The Hall–Kier alpha value is -1.16. The molecule has 0 fully saturated rings. The number of nitrogens with zero attached hydrogens (tertiary/aromatic N) is 1. The van der Waals surface area contributed by atoms with Crippen LogP contribution in [-0.4, -0.2) is 21.9 Å². The van der Waals surface area contributed by atoms with Crippen molar-refractivity contribution in [1.82, 2.24) is 4.90 Å². The van der Waals surface area contributed by atoms with Crippen LogP contribution >= 0.6 is 11.8 Å². The summed E-state index contributed by atoms with van der Waals surface area (Å²) >= 11 is 1.78. The molecule has 1 aromatic rings. The highest BCUT2D eigenvalue weighted by Gasteiger charge is 2.22. The van der Waals surface area contributed by atoms with Gasteiger partial charge in [-0.1, -0.05) is 13.0 Å². The van der Waals surface area contributed by atoms with Crippen LogP contribution in [0.4, 0.5) is 4.79 Å². The van der Waals surface area contributed by atoms with Gasteiger partial charge in [-0.3, -0.25) is 4.90 Å². The quantitative estimate of drug-likeness (QED) is 0.784. The van der Waals surface area contributed by atoms with Gasteiger partial charge in [0.1, 0.15) is 0 Å². The van der Waals surface area contributed by atoms with E-state index in [4.69, 9.17) is 5.11 Å². The molecular weight excluding hydrogens is 210 g/mol. The molecule has 0 bridgehead atoms. The van der Waals surface area contributed by atoms with Crippen molar-refractivity contribution in [2.75, 3.05) is 5.75 Å². The van der Waals surface area contributed by atoms with Crippen LogP contribution in [0.1, 0.15) is 18.1 Å². The average molecular weight is 223 g/mol. The molecule has 15 heavy (non-hydrogen) atoms. The van der Waals surface area contributed by atoms with Crippen LogP contribution < -0.4 is 0 Å². The van der Waals surface area contributed by atoms with Crippen LogP contribution in [0.15, 0.2) is 23.1 Å². The molecule has 80 valence electrons. The van der Waals surface area contributed by atoms with E-state index in [1.165, 1.54) is 9.80 Å². The van der Waals surface area contributed by atoms with Crippen molar-refractivity contribution in [1.29, 1.82) is 0 Å². The first kappa shape index (κ1) is 10.4. The third kappa shape index (κ3) is 2.09. The number of hydrogen-bond donors (Lipinski definition) is 1. The minimum Gasteiger partial charge on any atom is -0.465 e. The monoisotopic (exact) mass is 223 g/mol. The highest BCUT2D eigenvalue weighted by molar-refractivity contribution is 7.99. The fourth-order valence-electron chi connectivity index (χ4n) is 1.76. The van der Waals surface area contributed by atoms with Crippen LogP contribution in [0.3, 0.4) is 0 Å². The highest BCUT2D eigenvalue weighted by Crippen LogP contribution is 2.27. The Morgan fingerprint density at radius 2 is 2.20 bits per heavy atom. The molecule has 4 heteroatoms. The van der Waals surface area contributed by atoms with Crippen LogP contribution in [0.2, 0.25) is 0 Å². The highest BCUT2D eigenvalue weighted by atomic mass is 32.2. The number of carboxylic acid groups (broad SMARTS) is 1. The normalized spacial score (nSPS) is 14.1. The summed E-state index contributed by atoms with van der Waals surface area (Å²) in [5, 5.41) is 8.88. The predicted octanol–water partition coefficient (Wildman–Crippen LogP) is 2.79. The maximum Gasteiger partial charge on any atom is 0.407 e. The van der Waals surface area contributed by atoms with Gasteiger partial charge in [-0.2, -0.15) is 0 Å². The lowest BCUT2D eigenvalue weighted by Gasteiger charge is -2.08. The Bertz CT molecular complexity index is 392. The first-order valence-corrected chi connectivity index (χ1v) is 5.91. The predicted molar refractivity (Wildman–Crippen MR) is 60.1 cm³/mol. The number of benzene rings is 1. The standard InChI is InChI=1S/C11H13NO2S/c1-2-15-10-4-3-8-6-12(11(13)14)7-9(8)5-10/h3-5H,2,6-7H2,1H3,(H,13,14). The van der Waals surface area contributed by atoms with Gasteiger partial charge < -0.3 is 5.11 Å². The molecule has 0 aliphatic carbocycles. The second-order valence-electron chi connectivity index (χ2n) is 3.50. The minimum absolute atomic E-state index is 0.530. The van der Waals surface area contributed by atoms with Gasteiger partial charge in [0, 0.05) is 18.0 Å². The van der Waals surface area contributed by atoms with E-state index in [9.17, 15) is 4.79 Å². The summed E-state index contributed by atoms with van der Waals surface area (Å²) in [6.45, 7) is 3.17. The molecule has 1 aromatic carbocycles. The van der Waals surface area contributed by atoms with Crippen LogP contribution in [0.25, 0.3) is 0 Å². The van der Waals surface area contributed by atoms with Crippen molar-refractivity contribution in [3.05, 3.63) is 29.3 Å². The molecule has 0 radical (unpaired) electrons. The molecule has 0 saturated carbocycles. The third-order valence-electron chi connectivity index (χ3n) is 2.48.